The molecule has 7 heteroatoms. The molecule has 1 unspecified atom stereocenters. The van der Waals surface area contributed by atoms with E-state index >= 15 is 0 Å². The third-order valence-corrected chi connectivity index (χ3v) is 6.32. The Kier molecular flexibility index (Phi) is 6.38. The smallest absolute Gasteiger partial charge is 0.326 e. The average Bonchev–Trinajstić information content (AvgIpc) is 2.90. The number of aliphatic hydroxyl groups excluding tert-OH is 1. The standard InChI is InChI=1S/C16H21NO4S2/c1-10-3-5-13(6-4-10)23-22-9-11(2)15(19)17-8-12(18)7-14(17)16(20)21/h3-6,11-12,14,18H,7-9H2,1-2H3,(H,20,21)/t11?,12-,14+/m1/s1. The molecule has 1 heterocycles. The number of carboxylic acids is 1. The summed E-state index contributed by atoms with van der Waals surface area (Å²) in [5, 5.41) is 18.8. The van der Waals surface area contributed by atoms with Crippen molar-refractivity contribution in [3.8, 4) is 0 Å². The molecule has 1 fully saturated rings. The number of nitrogens with zero attached hydrogens (tertiary/aromatic N) is 1. The molecule has 0 saturated carbocycles. The number of rotatable bonds is 6. The van der Waals surface area contributed by atoms with Crippen LogP contribution in [0.25, 0.3) is 0 Å². The lowest BCUT2D eigenvalue weighted by Gasteiger charge is -2.24. The minimum absolute atomic E-state index is 0.107. The number of carbonyl (C=O) groups excluding carboxylic acids is 1. The van der Waals surface area contributed by atoms with Crippen LogP contribution < -0.4 is 0 Å². The molecule has 1 aliphatic rings. The molecule has 1 aliphatic heterocycles. The van der Waals surface area contributed by atoms with E-state index in [0.717, 1.165) is 4.90 Å². The van der Waals surface area contributed by atoms with Crippen molar-refractivity contribution in [2.24, 2.45) is 5.92 Å². The van der Waals surface area contributed by atoms with Crippen LogP contribution in [0.15, 0.2) is 29.2 Å². The van der Waals surface area contributed by atoms with Crippen LogP contribution in [0.2, 0.25) is 0 Å². The number of hydrogen-bond donors (Lipinski definition) is 2. The lowest BCUT2D eigenvalue weighted by Crippen LogP contribution is -2.43. The normalized spacial score (nSPS) is 22.1. The third-order valence-electron chi connectivity index (χ3n) is 3.76. The third kappa shape index (κ3) is 4.89. The molecular formula is C16H21NO4S2. The lowest BCUT2D eigenvalue weighted by molar-refractivity contribution is -0.149. The summed E-state index contributed by atoms with van der Waals surface area (Å²) in [6.07, 6.45) is -0.638. The molecule has 5 nitrogen and oxygen atoms in total. The van der Waals surface area contributed by atoms with Gasteiger partial charge >= 0.3 is 5.97 Å². The summed E-state index contributed by atoms with van der Waals surface area (Å²) in [4.78, 5) is 26.0. The molecule has 0 aliphatic carbocycles. The van der Waals surface area contributed by atoms with E-state index < -0.39 is 18.1 Å². The van der Waals surface area contributed by atoms with Crippen LogP contribution >= 0.6 is 21.6 Å². The zero-order valence-electron chi connectivity index (χ0n) is 13.1. The first-order valence-electron chi connectivity index (χ1n) is 7.46. The van der Waals surface area contributed by atoms with Gasteiger partial charge in [0.1, 0.15) is 6.04 Å². The second-order valence-corrected chi connectivity index (χ2v) is 8.23. The van der Waals surface area contributed by atoms with Crippen molar-refractivity contribution in [1.29, 1.82) is 0 Å². The first-order valence-corrected chi connectivity index (χ1v) is 9.78. The van der Waals surface area contributed by atoms with E-state index in [1.807, 2.05) is 31.2 Å². The number of β-amino-alcohol motifs (C(OH)–C–C–N with tert-alkyl or cyclic N) is 1. The van der Waals surface area contributed by atoms with Gasteiger partial charge < -0.3 is 15.1 Å². The van der Waals surface area contributed by atoms with Crippen LogP contribution in [0.4, 0.5) is 0 Å². The maximum atomic E-state index is 12.4. The summed E-state index contributed by atoms with van der Waals surface area (Å²) in [7, 11) is 3.18. The number of benzene rings is 1. The van der Waals surface area contributed by atoms with Gasteiger partial charge in [0.15, 0.2) is 0 Å². The lowest BCUT2D eigenvalue weighted by atomic mass is 10.1. The fraction of sp³-hybridized carbons (Fsp3) is 0.500. The second-order valence-electron chi connectivity index (χ2n) is 5.82. The fourth-order valence-corrected chi connectivity index (χ4v) is 4.80. The Hall–Kier alpha value is -1.18. The number of carbonyl (C=O) groups is 2. The predicted molar refractivity (Wildman–Crippen MR) is 92.4 cm³/mol. The monoisotopic (exact) mass is 355 g/mol. The van der Waals surface area contributed by atoms with Crippen LogP contribution in [0.5, 0.6) is 0 Å². The molecule has 3 atom stereocenters. The highest BCUT2D eigenvalue weighted by Crippen LogP contribution is 2.33. The van der Waals surface area contributed by atoms with Crippen LogP contribution in [0.1, 0.15) is 18.9 Å². The average molecular weight is 355 g/mol. The van der Waals surface area contributed by atoms with E-state index in [4.69, 9.17) is 5.11 Å². The Morgan fingerprint density at radius 1 is 1.35 bits per heavy atom. The van der Waals surface area contributed by atoms with E-state index in [1.54, 1.807) is 28.5 Å². The van der Waals surface area contributed by atoms with Crippen molar-refractivity contribution in [3.63, 3.8) is 0 Å². The number of likely N-dealkylation sites (tertiary alicyclic amines) is 1. The van der Waals surface area contributed by atoms with Gasteiger partial charge in [0.2, 0.25) is 5.91 Å². The molecule has 1 aromatic carbocycles. The zero-order chi connectivity index (χ0) is 17.0. The second kappa shape index (κ2) is 8.08. The van der Waals surface area contributed by atoms with Gasteiger partial charge in [-0.25, -0.2) is 4.79 Å². The maximum Gasteiger partial charge on any atom is 0.326 e. The summed E-state index contributed by atoms with van der Waals surface area (Å²) in [6, 6.07) is 7.25. The molecule has 23 heavy (non-hydrogen) atoms. The summed E-state index contributed by atoms with van der Waals surface area (Å²) in [5.74, 6) is -0.948. The van der Waals surface area contributed by atoms with E-state index in [1.165, 1.54) is 10.5 Å². The Balaban J connectivity index is 1.84. The number of aryl methyl sites for hydroxylation is 1. The Morgan fingerprint density at radius 3 is 2.61 bits per heavy atom. The van der Waals surface area contributed by atoms with Gasteiger partial charge in [-0.15, -0.1) is 0 Å². The van der Waals surface area contributed by atoms with Gasteiger partial charge in [-0.3, -0.25) is 4.79 Å². The SMILES string of the molecule is Cc1ccc(SSCC(C)C(=O)N2C[C@H](O)C[C@H]2C(=O)O)cc1. The molecule has 1 aromatic rings. The summed E-state index contributed by atoms with van der Waals surface area (Å²) in [5.41, 5.74) is 1.20. The van der Waals surface area contributed by atoms with E-state index in [-0.39, 0.29) is 24.8 Å². The highest BCUT2D eigenvalue weighted by atomic mass is 33.1. The highest BCUT2D eigenvalue weighted by molar-refractivity contribution is 8.76. The molecule has 2 rings (SSSR count). The summed E-state index contributed by atoms with van der Waals surface area (Å²) >= 11 is 0. The minimum Gasteiger partial charge on any atom is -0.480 e. The van der Waals surface area contributed by atoms with Crippen molar-refractivity contribution >= 4 is 33.5 Å². The fourth-order valence-electron chi connectivity index (χ4n) is 2.44. The van der Waals surface area contributed by atoms with E-state index in [0.29, 0.717) is 5.75 Å². The first kappa shape index (κ1) is 18.2. The van der Waals surface area contributed by atoms with Gasteiger partial charge in [0.05, 0.1) is 6.10 Å². The van der Waals surface area contributed by atoms with Crippen molar-refractivity contribution < 1.29 is 19.8 Å². The molecule has 1 amide bonds. The number of aliphatic hydroxyl groups is 1. The molecule has 2 N–H and O–H groups in total. The zero-order valence-corrected chi connectivity index (χ0v) is 14.8. The molecule has 0 radical (unpaired) electrons. The van der Waals surface area contributed by atoms with E-state index in [2.05, 4.69) is 0 Å². The van der Waals surface area contributed by atoms with Crippen LogP contribution in [-0.4, -0.2) is 51.4 Å². The molecule has 0 aromatic heterocycles. The highest BCUT2D eigenvalue weighted by Gasteiger charge is 2.40. The molecule has 0 bridgehead atoms. The number of carboxylic acid groups (broad SMARTS) is 1. The van der Waals surface area contributed by atoms with Crippen molar-refractivity contribution in [3.05, 3.63) is 29.8 Å². The van der Waals surface area contributed by atoms with Gasteiger partial charge in [0.25, 0.3) is 0 Å². The molecule has 1 saturated heterocycles. The number of amides is 1. The van der Waals surface area contributed by atoms with Crippen molar-refractivity contribution in [1.82, 2.24) is 4.90 Å². The van der Waals surface area contributed by atoms with Crippen LogP contribution in [0, 0.1) is 12.8 Å². The largest absolute Gasteiger partial charge is 0.480 e. The molecular weight excluding hydrogens is 334 g/mol. The van der Waals surface area contributed by atoms with Gasteiger partial charge in [-0.1, -0.05) is 46.2 Å². The Labute approximate surface area is 143 Å². The number of aliphatic carboxylic acids is 1. The molecule has 126 valence electrons. The summed E-state index contributed by atoms with van der Waals surface area (Å²) < 4.78 is 0. The molecule has 0 spiro atoms. The minimum atomic E-state index is -1.05. The van der Waals surface area contributed by atoms with Crippen LogP contribution in [0.3, 0.4) is 0 Å². The van der Waals surface area contributed by atoms with Gasteiger partial charge in [-0.05, 0) is 19.1 Å². The first-order chi connectivity index (χ1) is 10.9. The van der Waals surface area contributed by atoms with Crippen LogP contribution in [-0.2, 0) is 9.59 Å². The van der Waals surface area contributed by atoms with Crippen molar-refractivity contribution in [2.45, 2.75) is 37.3 Å². The summed E-state index contributed by atoms with van der Waals surface area (Å²) in [6.45, 7) is 3.94. The number of hydrogen-bond acceptors (Lipinski definition) is 5. The quantitative estimate of drug-likeness (QED) is 0.763. The van der Waals surface area contributed by atoms with Gasteiger partial charge in [-0.2, -0.15) is 0 Å². The maximum absolute atomic E-state index is 12.4. The Bertz CT molecular complexity index is 564. The van der Waals surface area contributed by atoms with Crippen molar-refractivity contribution in [2.75, 3.05) is 12.3 Å². The van der Waals surface area contributed by atoms with E-state index in [9.17, 15) is 14.7 Å². The predicted octanol–water partition coefficient (Wildman–Crippen LogP) is 2.42. The Morgan fingerprint density at radius 2 is 2.00 bits per heavy atom. The van der Waals surface area contributed by atoms with Gasteiger partial charge in [0, 0.05) is 29.5 Å². The topological polar surface area (TPSA) is 77.8 Å².